The van der Waals surface area contributed by atoms with Crippen molar-refractivity contribution in [3.63, 3.8) is 0 Å². The predicted molar refractivity (Wildman–Crippen MR) is 90.2 cm³/mol. The molecule has 0 saturated carbocycles. The number of halogens is 2. The van der Waals surface area contributed by atoms with Crippen LogP contribution in [0.15, 0.2) is 12.1 Å². The second kappa shape index (κ2) is 9.44. The summed E-state index contributed by atoms with van der Waals surface area (Å²) in [7, 11) is 4.46. The van der Waals surface area contributed by atoms with E-state index in [4.69, 9.17) is 26.2 Å². The zero-order valence-corrected chi connectivity index (χ0v) is 14.8. The fourth-order valence-corrected chi connectivity index (χ4v) is 1.93. The number of rotatable bonds is 7. The van der Waals surface area contributed by atoms with E-state index in [1.165, 1.54) is 32.1 Å². The zero-order chi connectivity index (χ0) is 16.9. The largest absolute Gasteiger partial charge is 0.495 e. The quantitative estimate of drug-likeness (QED) is 0.768. The highest BCUT2D eigenvalue weighted by Crippen LogP contribution is 2.35. The van der Waals surface area contributed by atoms with Crippen molar-refractivity contribution in [3.8, 4) is 11.5 Å². The Balaban J connectivity index is 0.00000484. The Morgan fingerprint density at radius 3 is 2.35 bits per heavy atom. The van der Waals surface area contributed by atoms with Crippen molar-refractivity contribution >= 4 is 41.6 Å². The maximum absolute atomic E-state index is 12.0. The summed E-state index contributed by atoms with van der Waals surface area (Å²) >= 11 is 5.99. The minimum absolute atomic E-state index is 0. The van der Waals surface area contributed by atoms with E-state index >= 15 is 0 Å². The van der Waals surface area contributed by atoms with Gasteiger partial charge in [-0.1, -0.05) is 11.6 Å². The van der Waals surface area contributed by atoms with Crippen LogP contribution in [0.1, 0.15) is 6.92 Å². The van der Waals surface area contributed by atoms with Gasteiger partial charge in [-0.3, -0.25) is 14.5 Å². The van der Waals surface area contributed by atoms with Crippen molar-refractivity contribution in [1.29, 1.82) is 0 Å². The van der Waals surface area contributed by atoms with Crippen molar-refractivity contribution in [2.45, 2.75) is 13.0 Å². The highest BCUT2D eigenvalue weighted by Gasteiger charge is 2.20. The number of carboxylic acid groups (broad SMARTS) is 1. The summed E-state index contributed by atoms with van der Waals surface area (Å²) in [5, 5.41) is 11.9. The van der Waals surface area contributed by atoms with Gasteiger partial charge >= 0.3 is 5.97 Å². The summed E-state index contributed by atoms with van der Waals surface area (Å²) in [4.78, 5) is 24.3. The number of nitrogens with one attached hydrogen (secondary N) is 1. The van der Waals surface area contributed by atoms with Gasteiger partial charge in [0, 0.05) is 12.1 Å². The van der Waals surface area contributed by atoms with E-state index in [1.807, 2.05) is 0 Å². The molecule has 2 N–H and O–H groups in total. The van der Waals surface area contributed by atoms with E-state index in [0.29, 0.717) is 22.2 Å². The molecular weight excluding hydrogens is 347 g/mol. The molecule has 130 valence electrons. The van der Waals surface area contributed by atoms with Crippen LogP contribution >= 0.6 is 24.0 Å². The van der Waals surface area contributed by atoms with Crippen LogP contribution in [-0.4, -0.2) is 55.7 Å². The SMILES string of the molecule is COc1cc(NC(=O)CN(C)C(C)C(=O)O)c(OC)cc1Cl.Cl. The Labute approximate surface area is 145 Å². The van der Waals surface area contributed by atoms with Crippen LogP contribution in [-0.2, 0) is 9.59 Å². The summed E-state index contributed by atoms with van der Waals surface area (Å²) in [6.07, 6.45) is 0. The van der Waals surface area contributed by atoms with Crippen molar-refractivity contribution < 1.29 is 24.2 Å². The summed E-state index contributed by atoms with van der Waals surface area (Å²) in [5.41, 5.74) is 0.394. The minimum Gasteiger partial charge on any atom is -0.495 e. The number of methoxy groups -OCH3 is 2. The lowest BCUT2D eigenvalue weighted by atomic mass is 10.2. The maximum atomic E-state index is 12.0. The molecule has 0 aromatic heterocycles. The number of benzene rings is 1. The van der Waals surface area contributed by atoms with Crippen molar-refractivity contribution in [2.24, 2.45) is 0 Å². The molecule has 0 bridgehead atoms. The molecule has 1 aromatic carbocycles. The molecule has 0 aliphatic rings. The Hall–Kier alpha value is -1.70. The monoisotopic (exact) mass is 366 g/mol. The molecule has 1 atom stereocenters. The number of hydrogen-bond donors (Lipinski definition) is 2. The van der Waals surface area contributed by atoms with Gasteiger partial charge in [0.2, 0.25) is 5.91 Å². The Bertz CT molecular complexity index is 568. The second-order valence-electron chi connectivity index (χ2n) is 4.66. The number of hydrogen-bond acceptors (Lipinski definition) is 5. The average molecular weight is 367 g/mol. The molecule has 0 aliphatic heterocycles. The molecule has 1 aromatic rings. The van der Waals surface area contributed by atoms with Gasteiger partial charge in [-0.2, -0.15) is 0 Å². The number of amides is 1. The van der Waals surface area contributed by atoms with E-state index < -0.39 is 12.0 Å². The molecule has 0 saturated heterocycles. The molecule has 1 amide bonds. The number of carbonyl (C=O) groups excluding carboxylic acids is 1. The second-order valence-corrected chi connectivity index (χ2v) is 5.07. The molecular formula is C14H20Cl2N2O5. The highest BCUT2D eigenvalue weighted by molar-refractivity contribution is 6.32. The summed E-state index contributed by atoms with van der Waals surface area (Å²) in [6, 6.07) is 2.30. The summed E-state index contributed by atoms with van der Waals surface area (Å²) in [5.74, 6) is -0.600. The first-order valence-electron chi connectivity index (χ1n) is 6.44. The normalized spacial score (nSPS) is 11.4. The summed E-state index contributed by atoms with van der Waals surface area (Å²) < 4.78 is 10.2. The van der Waals surface area contributed by atoms with Crippen molar-refractivity contribution in [1.82, 2.24) is 4.90 Å². The van der Waals surface area contributed by atoms with Gasteiger partial charge in [-0.05, 0) is 14.0 Å². The van der Waals surface area contributed by atoms with E-state index in [0.717, 1.165) is 0 Å². The van der Waals surface area contributed by atoms with Gasteiger partial charge in [0.05, 0.1) is 31.5 Å². The molecule has 0 radical (unpaired) electrons. The van der Waals surface area contributed by atoms with Gasteiger partial charge in [0.25, 0.3) is 0 Å². The first kappa shape index (κ1) is 21.3. The minimum atomic E-state index is -0.999. The van der Waals surface area contributed by atoms with Crippen LogP contribution in [0.25, 0.3) is 0 Å². The maximum Gasteiger partial charge on any atom is 0.320 e. The standard InChI is InChI=1S/C14H19ClN2O5.ClH/c1-8(14(19)20)17(2)7-13(18)16-10-6-11(21-3)9(15)5-12(10)22-4;/h5-6,8H,7H2,1-4H3,(H,16,18)(H,19,20);1H. The number of nitrogens with zero attached hydrogens (tertiary/aromatic N) is 1. The van der Waals surface area contributed by atoms with E-state index in [9.17, 15) is 9.59 Å². The fourth-order valence-electron chi connectivity index (χ4n) is 1.70. The number of carboxylic acids is 1. The third-order valence-corrected chi connectivity index (χ3v) is 3.45. The molecule has 1 rings (SSSR count). The molecule has 0 aliphatic carbocycles. The Morgan fingerprint density at radius 2 is 1.87 bits per heavy atom. The van der Waals surface area contributed by atoms with Crippen LogP contribution in [0.3, 0.4) is 0 Å². The van der Waals surface area contributed by atoms with Gasteiger partial charge < -0.3 is 19.9 Å². The summed E-state index contributed by atoms with van der Waals surface area (Å²) in [6.45, 7) is 1.42. The number of carbonyl (C=O) groups is 2. The number of aliphatic carboxylic acids is 1. The topological polar surface area (TPSA) is 88.1 Å². The molecule has 1 unspecified atom stereocenters. The van der Waals surface area contributed by atoms with Crippen LogP contribution in [0, 0.1) is 0 Å². The lowest BCUT2D eigenvalue weighted by Crippen LogP contribution is -2.40. The lowest BCUT2D eigenvalue weighted by molar-refractivity contribution is -0.142. The smallest absolute Gasteiger partial charge is 0.320 e. The van der Waals surface area contributed by atoms with Gasteiger partial charge in [0.1, 0.15) is 17.5 Å². The average Bonchev–Trinajstić information content (AvgIpc) is 2.47. The Kier molecular flexibility index (Phi) is 8.74. The first-order valence-corrected chi connectivity index (χ1v) is 6.82. The zero-order valence-electron chi connectivity index (χ0n) is 13.3. The van der Waals surface area contributed by atoms with Gasteiger partial charge in [-0.15, -0.1) is 12.4 Å². The van der Waals surface area contributed by atoms with E-state index in [2.05, 4.69) is 5.32 Å². The first-order chi connectivity index (χ1) is 10.3. The highest BCUT2D eigenvalue weighted by atomic mass is 35.5. The van der Waals surface area contributed by atoms with Gasteiger partial charge in [-0.25, -0.2) is 0 Å². The molecule has 23 heavy (non-hydrogen) atoms. The molecule has 0 heterocycles. The van der Waals surface area contributed by atoms with Crippen LogP contribution in [0.2, 0.25) is 5.02 Å². The van der Waals surface area contributed by atoms with Crippen LogP contribution < -0.4 is 14.8 Å². The predicted octanol–water partition coefficient (Wildman–Crippen LogP) is 2.12. The van der Waals surface area contributed by atoms with E-state index in [-0.39, 0.29) is 24.9 Å². The third-order valence-electron chi connectivity index (χ3n) is 3.16. The molecule has 0 fully saturated rings. The van der Waals surface area contributed by atoms with Crippen LogP contribution in [0.5, 0.6) is 11.5 Å². The fraction of sp³-hybridized carbons (Fsp3) is 0.429. The molecule has 0 spiro atoms. The van der Waals surface area contributed by atoms with Crippen molar-refractivity contribution in [2.75, 3.05) is 33.1 Å². The third kappa shape index (κ3) is 5.78. The van der Waals surface area contributed by atoms with Crippen LogP contribution in [0.4, 0.5) is 5.69 Å². The Morgan fingerprint density at radius 1 is 1.30 bits per heavy atom. The van der Waals surface area contributed by atoms with Crippen molar-refractivity contribution in [3.05, 3.63) is 17.2 Å². The van der Waals surface area contributed by atoms with E-state index in [1.54, 1.807) is 13.1 Å². The molecule has 7 nitrogen and oxygen atoms in total. The number of ether oxygens (including phenoxy) is 2. The number of likely N-dealkylation sites (N-methyl/N-ethyl adjacent to an activating group) is 1. The lowest BCUT2D eigenvalue weighted by Gasteiger charge is -2.21. The van der Waals surface area contributed by atoms with Gasteiger partial charge in [0.15, 0.2) is 0 Å². The molecule has 9 heteroatoms. The number of anilines is 1.